The molecule has 0 radical (unpaired) electrons. The van der Waals surface area contributed by atoms with Gasteiger partial charge in [-0.05, 0) is 36.1 Å². The first-order chi connectivity index (χ1) is 9.50. The number of nitrogen functional groups attached to an aromatic ring is 1. The summed E-state index contributed by atoms with van der Waals surface area (Å²) >= 11 is 1.50. The Balaban J connectivity index is 2.19. The molecule has 106 valence electrons. The third-order valence-corrected chi connectivity index (χ3v) is 4.72. The van der Waals surface area contributed by atoms with Crippen LogP contribution in [0.2, 0.25) is 0 Å². The van der Waals surface area contributed by atoms with Crippen molar-refractivity contribution in [2.75, 3.05) is 16.7 Å². The van der Waals surface area contributed by atoms with Gasteiger partial charge >= 0.3 is 0 Å². The number of anilines is 2. The summed E-state index contributed by atoms with van der Waals surface area (Å²) in [6.45, 7) is 0. The molecule has 6 heteroatoms. The first kappa shape index (κ1) is 14.7. The Morgan fingerprint density at radius 3 is 2.60 bits per heavy atom. The molecule has 2 rings (SSSR count). The zero-order chi connectivity index (χ0) is 14.6. The minimum absolute atomic E-state index is 0.0965. The van der Waals surface area contributed by atoms with Crippen LogP contribution in [0.5, 0.6) is 0 Å². The average Bonchev–Trinajstić information content (AvgIpc) is 2.38. The molecule has 3 N–H and O–H groups in total. The number of nitrogens with one attached hydrogen (secondary N) is 1. The highest BCUT2D eigenvalue weighted by Crippen LogP contribution is 2.26. The first-order valence-electron chi connectivity index (χ1n) is 5.98. The molecule has 0 heterocycles. The van der Waals surface area contributed by atoms with Crippen molar-refractivity contribution in [2.45, 2.75) is 10.6 Å². The van der Waals surface area contributed by atoms with E-state index in [4.69, 9.17) is 5.73 Å². The van der Waals surface area contributed by atoms with Crippen molar-refractivity contribution >= 4 is 33.2 Å². The fourth-order valence-electron chi connectivity index (χ4n) is 1.83. The fraction of sp³-hybridized carbons (Fsp3) is 0.143. The molecule has 0 aliphatic carbocycles. The van der Waals surface area contributed by atoms with Gasteiger partial charge in [0.25, 0.3) is 0 Å². The smallest absolute Gasteiger partial charge is 0.236 e. The van der Waals surface area contributed by atoms with Gasteiger partial charge in [0.15, 0.2) is 0 Å². The standard InChI is InChI=1S/C14H16N2O2S2/c1-19-14-8-3-2-7-13(14)16-20(17,18)10-11-5-4-6-12(15)9-11/h2-9,16H,10,15H2,1H3. The average molecular weight is 308 g/mol. The molecule has 0 saturated heterocycles. The van der Waals surface area contributed by atoms with Gasteiger partial charge in [-0.3, -0.25) is 4.72 Å². The number of para-hydroxylation sites is 1. The van der Waals surface area contributed by atoms with Crippen molar-refractivity contribution in [1.82, 2.24) is 0 Å². The van der Waals surface area contributed by atoms with Crippen LogP contribution in [0, 0.1) is 0 Å². The predicted molar refractivity (Wildman–Crippen MR) is 85.3 cm³/mol. The molecule has 0 amide bonds. The molecule has 0 aliphatic heterocycles. The lowest BCUT2D eigenvalue weighted by Crippen LogP contribution is -2.15. The summed E-state index contributed by atoms with van der Waals surface area (Å²) in [5.41, 5.74) is 7.48. The number of hydrogen-bond acceptors (Lipinski definition) is 4. The fourth-order valence-corrected chi connectivity index (χ4v) is 3.66. The molecule has 2 aromatic rings. The SMILES string of the molecule is CSc1ccccc1NS(=O)(=O)Cc1cccc(N)c1. The monoisotopic (exact) mass is 308 g/mol. The maximum absolute atomic E-state index is 12.2. The maximum atomic E-state index is 12.2. The van der Waals surface area contributed by atoms with Gasteiger partial charge in [-0.1, -0.05) is 24.3 Å². The minimum Gasteiger partial charge on any atom is -0.399 e. The largest absolute Gasteiger partial charge is 0.399 e. The summed E-state index contributed by atoms with van der Waals surface area (Å²) in [6, 6.07) is 14.2. The molecule has 2 aromatic carbocycles. The van der Waals surface area contributed by atoms with Gasteiger partial charge in [0.2, 0.25) is 10.0 Å². The van der Waals surface area contributed by atoms with E-state index in [-0.39, 0.29) is 5.75 Å². The van der Waals surface area contributed by atoms with Crippen LogP contribution in [0.4, 0.5) is 11.4 Å². The summed E-state index contributed by atoms with van der Waals surface area (Å²) in [6.07, 6.45) is 1.91. The Morgan fingerprint density at radius 1 is 1.15 bits per heavy atom. The summed E-state index contributed by atoms with van der Waals surface area (Å²) in [5.74, 6) is -0.0965. The van der Waals surface area contributed by atoms with Gasteiger partial charge in [0, 0.05) is 10.6 Å². The van der Waals surface area contributed by atoms with Gasteiger partial charge in [-0.2, -0.15) is 0 Å². The van der Waals surface area contributed by atoms with Gasteiger partial charge in [0.05, 0.1) is 11.4 Å². The van der Waals surface area contributed by atoms with E-state index in [1.807, 2.05) is 18.4 Å². The number of benzene rings is 2. The summed E-state index contributed by atoms with van der Waals surface area (Å²) < 4.78 is 27.0. The minimum atomic E-state index is -3.46. The second-order valence-electron chi connectivity index (χ2n) is 4.31. The number of thioether (sulfide) groups is 1. The molecule has 20 heavy (non-hydrogen) atoms. The van der Waals surface area contributed by atoms with Crippen molar-refractivity contribution in [1.29, 1.82) is 0 Å². The quantitative estimate of drug-likeness (QED) is 0.658. The highest BCUT2D eigenvalue weighted by Gasteiger charge is 2.13. The predicted octanol–water partition coefficient (Wildman–Crippen LogP) is 2.93. The first-order valence-corrected chi connectivity index (χ1v) is 8.86. The number of sulfonamides is 1. The van der Waals surface area contributed by atoms with Crippen LogP contribution in [-0.4, -0.2) is 14.7 Å². The van der Waals surface area contributed by atoms with Crippen LogP contribution in [0.1, 0.15) is 5.56 Å². The Kier molecular flexibility index (Phi) is 4.57. The third kappa shape index (κ3) is 3.91. The molecule has 0 bridgehead atoms. The van der Waals surface area contributed by atoms with E-state index >= 15 is 0 Å². The lowest BCUT2D eigenvalue weighted by Gasteiger charge is -2.11. The Labute approximate surface area is 123 Å². The molecule has 0 atom stereocenters. The van der Waals surface area contributed by atoms with Gasteiger partial charge < -0.3 is 5.73 Å². The van der Waals surface area contributed by atoms with Crippen molar-refractivity contribution in [2.24, 2.45) is 0 Å². The Morgan fingerprint density at radius 2 is 1.90 bits per heavy atom. The Bertz CT molecular complexity index is 700. The highest BCUT2D eigenvalue weighted by atomic mass is 32.2. The number of rotatable bonds is 5. The molecule has 0 spiro atoms. The lowest BCUT2D eigenvalue weighted by molar-refractivity contribution is 0.600. The summed E-state index contributed by atoms with van der Waals surface area (Å²) in [5, 5.41) is 0. The van der Waals surface area contributed by atoms with E-state index in [1.54, 1.807) is 36.4 Å². The second-order valence-corrected chi connectivity index (χ2v) is 6.88. The third-order valence-electron chi connectivity index (χ3n) is 2.68. The zero-order valence-electron chi connectivity index (χ0n) is 11.0. The normalized spacial score (nSPS) is 11.2. The molecule has 0 aliphatic rings. The van der Waals surface area contributed by atoms with Crippen molar-refractivity contribution < 1.29 is 8.42 Å². The lowest BCUT2D eigenvalue weighted by atomic mass is 10.2. The van der Waals surface area contributed by atoms with Crippen LogP contribution < -0.4 is 10.5 Å². The molecular formula is C14H16N2O2S2. The van der Waals surface area contributed by atoms with Gasteiger partial charge in [0.1, 0.15) is 0 Å². The van der Waals surface area contributed by atoms with E-state index in [9.17, 15) is 8.42 Å². The van der Waals surface area contributed by atoms with Crippen LogP contribution in [0.15, 0.2) is 53.4 Å². The number of hydrogen-bond donors (Lipinski definition) is 2. The molecule has 0 aromatic heterocycles. The highest BCUT2D eigenvalue weighted by molar-refractivity contribution is 7.99. The van der Waals surface area contributed by atoms with Crippen LogP contribution >= 0.6 is 11.8 Å². The van der Waals surface area contributed by atoms with Crippen molar-refractivity contribution in [3.63, 3.8) is 0 Å². The van der Waals surface area contributed by atoms with Crippen LogP contribution in [0.3, 0.4) is 0 Å². The molecule has 0 unspecified atom stereocenters. The van der Waals surface area contributed by atoms with Gasteiger partial charge in [-0.15, -0.1) is 11.8 Å². The number of nitrogens with two attached hydrogens (primary N) is 1. The Hall–Kier alpha value is -1.66. The van der Waals surface area contributed by atoms with E-state index in [2.05, 4.69) is 4.72 Å². The van der Waals surface area contributed by atoms with E-state index in [1.165, 1.54) is 11.8 Å². The van der Waals surface area contributed by atoms with E-state index in [0.29, 0.717) is 16.9 Å². The van der Waals surface area contributed by atoms with Crippen LogP contribution in [-0.2, 0) is 15.8 Å². The molecule has 4 nitrogen and oxygen atoms in total. The van der Waals surface area contributed by atoms with Gasteiger partial charge in [-0.25, -0.2) is 8.42 Å². The van der Waals surface area contributed by atoms with E-state index in [0.717, 1.165) is 4.90 Å². The van der Waals surface area contributed by atoms with Crippen molar-refractivity contribution in [3.8, 4) is 0 Å². The molecule has 0 fully saturated rings. The molecule has 0 saturated carbocycles. The summed E-state index contributed by atoms with van der Waals surface area (Å²) in [4.78, 5) is 0.892. The second kappa shape index (κ2) is 6.19. The van der Waals surface area contributed by atoms with Crippen LogP contribution in [0.25, 0.3) is 0 Å². The summed E-state index contributed by atoms with van der Waals surface area (Å²) in [7, 11) is -3.46. The maximum Gasteiger partial charge on any atom is 0.236 e. The molecular weight excluding hydrogens is 292 g/mol. The topological polar surface area (TPSA) is 72.2 Å². The van der Waals surface area contributed by atoms with E-state index < -0.39 is 10.0 Å². The van der Waals surface area contributed by atoms with Crippen molar-refractivity contribution in [3.05, 3.63) is 54.1 Å². The zero-order valence-corrected chi connectivity index (χ0v) is 12.7.